The van der Waals surface area contributed by atoms with Gasteiger partial charge in [0.2, 0.25) is 0 Å². The van der Waals surface area contributed by atoms with E-state index in [2.05, 4.69) is 0 Å². The molecule has 1 unspecified atom stereocenters. The van der Waals surface area contributed by atoms with Crippen LogP contribution >= 0.6 is 0 Å². The van der Waals surface area contributed by atoms with Crippen LogP contribution in [0.4, 0.5) is 8.78 Å². The summed E-state index contributed by atoms with van der Waals surface area (Å²) in [6.45, 7) is 1.69. The van der Waals surface area contributed by atoms with E-state index in [-0.39, 0.29) is 17.7 Å². The summed E-state index contributed by atoms with van der Waals surface area (Å²) in [6.07, 6.45) is 0.910. The molecular weight excluding hydrogens is 256 g/mol. The zero-order valence-electron chi connectivity index (χ0n) is 10.3. The average molecular weight is 269 g/mol. The van der Waals surface area contributed by atoms with E-state index < -0.39 is 29.6 Å². The average Bonchev–Trinajstić information content (AvgIpc) is 2.82. The van der Waals surface area contributed by atoms with Crippen LogP contribution in [0.1, 0.15) is 28.8 Å². The second kappa shape index (κ2) is 4.95. The molecule has 2 rings (SSSR count). The molecule has 1 fully saturated rings. The Kier molecular flexibility index (Phi) is 3.50. The predicted octanol–water partition coefficient (Wildman–Crippen LogP) is 1.96. The van der Waals surface area contributed by atoms with Gasteiger partial charge in [0.05, 0.1) is 5.56 Å². The first-order valence-electron chi connectivity index (χ1n) is 5.91. The molecule has 0 aliphatic carbocycles. The van der Waals surface area contributed by atoms with Crippen LogP contribution in [-0.4, -0.2) is 34.5 Å². The number of rotatable bonds is 2. The monoisotopic (exact) mass is 269 g/mol. The van der Waals surface area contributed by atoms with E-state index in [0.717, 1.165) is 11.0 Å². The lowest BCUT2D eigenvalue weighted by atomic mass is 10.1. The fourth-order valence-corrected chi connectivity index (χ4v) is 2.24. The lowest BCUT2D eigenvalue weighted by Gasteiger charge is -2.21. The van der Waals surface area contributed by atoms with Crippen molar-refractivity contribution >= 4 is 11.9 Å². The molecule has 1 N–H and O–H groups in total. The Morgan fingerprint density at radius 2 is 2.00 bits per heavy atom. The van der Waals surface area contributed by atoms with Crippen LogP contribution in [0.25, 0.3) is 0 Å². The van der Waals surface area contributed by atoms with Crippen molar-refractivity contribution in [3.63, 3.8) is 0 Å². The summed E-state index contributed by atoms with van der Waals surface area (Å²) in [5.41, 5.74) is -0.136. The van der Waals surface area contributed by atoms with Crippen molar-refractivity contribution in [2.75, 3.05) is 6.54 Å². The zero-order chi connectivity index (χ0) is 14.2. The maximum absolute atomic E-state index is 13.6. The minimum absolute atomic E-state index is 0.149. The molecule has 1 aliphatic heterocycles. The number of hydrogen-bond acceptors (Lipinski definition) is 2. The predicted molar refractivity (Wildman–Crippen MR) is 62.8 cm³/mol. The van der Waals surface area contributed by atoms with Gasteiger partial charge in [-0.05, 0) is 31.4 Å². The van der Waals surface area contributed by atoms with Crippen LogP contribution in [0, 0.1) is 18.6 Å². The second-order valence-electron chi connectivity index (χ2n) is 4.58. The van der Waals surface area contributed by atoms with Crippen LogP contribution in [-0.2, 0) is 4.79 Å². The maximum atomic E-state index is 13.6. The maximum Gasteiger partial charge on any atom is 0.326 e. The Morgan fingerprint density at radius 1 is 1.32 bits per heavy atom. The highest BCUT2D eigenvalue weighted by Crippen LogP contribution is 2.23. The van der Waals surface area contributed by atoms with Crippen molar-refractivity contribution in [1.29, 1.82) is 0 Å². The van der Waals surface area contributed by atoms with E-state index in [1.165, 1.54) is 6.92 Å². The number of likely N-dealkylation sites (tertiary alicyclic amines) is 1. The molecule has 102 valence electrons. The quantitative estimate of drug-likeness (QED) is 0.893. The van der Waals surface area contributed by atoms with Gasteiger partial charge in [0.15, 0.2) is 0 Å². The first-order chi connectivity index (χ1) is 8.91. The van der Waals surface area contributed by atoms with Gasteiger partial charge in [-0.25, -0.2) is 13.6 Å². The van der Waals surface area contributed by atoms with Crippen LogP contribution in [0.2, 0.25) is 0 Å². The summed E-state index contributed by atoms with van der Waals surface area (Å²) in [5, 5.41) is 9.00. The molecule has 0 spiro atoms. The fourth-order valence-electron chi connectivity index (χ4n) is 2.24. The summed E-state index contributed by atoms with van der Waals surface area (Å²) in [7, 11) is 0. The molecule has 1 saturated heterocycles. The summed E-state index contributed by atoms with van der Waals surface area (Å²) < 4.78 is 26.8. The van der Waals surface area contributed by atoms with Gasteiger partial charge in [-0.2, -0.15) is 0 Å². The molecular formula is C13H13F2NO3. The number of halogens is 2. The minimum atomic E-state index is -1.11. The molecule has 1 heterocycles. The standard InChI is InChI=1S/C13H13F2NO3/c1-7-5-8(10(15)6-9(7)14)12(17)16-4-2-3-11(16)13(18)19/h5-6,11H,2-4H2,1H3,(H,18,19). The van der Waals surface area contributed by atoms with Crippen molar-refractivity contribution < 1.29 is 23.5 Å². The van der Waals surface area contributed by atoms with E-state index in [0.29, 0.717) is 18.9 Å². The molecule has 1 aromatic carbocycles. The highest BCUT2D eigenvalue weighted by atomic mass is 19.1. The largest absolute Gasteiger partial charge is 0.480 e. The Hall–Kier alpha value is -1.98. The van der Waals surface area contributed by atoms with Crippen molar-refractivity contribution in [2.24, 2.45) is 0 Å². The van der Waals surface area contributed by atoms with Crippen molar-refractivity contribution in [1.82, 2.24) is 4.90 Å². The molecule has 19 heavy (non-hydrogen) atoms. The van der Waals surface area contributed by atoms with E-state index in [1.54, 1.807) is 0 Å². The summed E-state index contributed by atoms with van der Waals surface area (Å²) in [4.78, 5) is 24.3. The third-order valence-corrected chi connectivity index (χ3v) is 3.28. The third kappa shape index (κ3) is 2.43. The summed E-state index contributed by atoms with van der Waals surface area (Å²) in [6, 6.07) is 0.829. The Labute approximate surface area is 108 Å². The van der Waals surface area contributed by atoms with Gasteiger partial charge < -0.3 is 10.0 Å². The molecule has 1 aliphatic rings. The van der Waals surface area contributed by atoms with E-state index in [1.807, 2.05) is 0 Å². The molecule has 4 nitrogen and oxygen atoms in total. The molecule has 0 saturated carbocycles. The topological polar surface area (TPSA) is 57.6 Å². The van der Waals surface area contributed by atoms with Crippen LogP contribution < -0.4 is 0 Å². The van der Waals surface area contributed by atoms with Gasteiger partial charge in [-0.3, -0.25) is 4.79 Å². The SMILES string of the molecule is Cc1cc(C(=O)N2CCCC2C(=O)O)c(F)cc1F. The zero-order valence-corrected chi connectivity index (χ0v) is 10.3. The van der Waals surface area contributed by atoms with Gasteiger partial charge in [-0.15, -0.1) is 0 Å². The molecule has 1 atom stereocenters. The first-order valence-corrected chi connectivity index (χ1v) is 5.91. The number of aryl methyl sites for hydroxylation is 1. The van der Waals surface area contributed by atoms with Gasteiger partial charge >= 0.3 is 5.97 Å². The van der Waals surface area contributed by atoms with E-state index in [4.69, 9.17) is 5.11 Å². The minimum Gasteiger partial charge on any atom is -0.480 e. The van der Waals surface area contributed by atoms with Crippen molar-refractivity contribution in [3.8, 4) is 0 Å². The number of nitrogens with zero attached hydrogens (tertiary/aromatic N) is 1. The number of carboxylic acid groups (broad SMARTS) is 1. The van der Waals surface area contributed by atoms with Gasteiger partial charge in [0.25, 0.3) is 5.91 Å². The van der Waals surface area contributed by atoms with Gasteiger partial charge in [0.1, 0.15) is 17.7 Å². The Morgan fingerprint density at radius 3 is 2.63 bits per heavy atom. The molecule has 0 radical (unpaired) electrons. The van der Waals surface area contributed by atoms with Crippen LogP contribution in [0.15, 0.2) is 12.1 Å². The second-order valence-corrected chi connectivity index (χ2v) is 4.58. The molecule has 0 aromatic heterocycles. The van der Waals surface area contributed by atoms with Crippen LogP contribution in [0.3, 0.4) is 0 Å². The molecule has 1 aromatic rings. The van der Waals surface area contributed by atoms with Crippen molar-refractivity contribution in [3.05, 3.63) is 34.9 Å². The third-order valence-electron chi connectivity index (χ3n) is 3.28. The molecule has 6 heteroatoms. The Balaban J connectivity index is 2.34. The summed E-state index contributed by atoms with van der Waals surface area (Å²) in [5.74, 6) is -3.51. The van der Waals surface area contributed by atoms with Crippen LogP contribution in [0.5, 0.6) is 0 Å². The first kappa shape index (κ1) is 13.5. The molecule has 0 bridgehead atoms. The lowest BCUT2D eigenvalue weighted by Crippen LogP contribution is -2.40. The number of benzene rings is 1. The smallest absolute Gasteiger partial charge is 0.326 e. The van der Waals surface area contributed by atoms with Crippen molar-refractivity contribution in [2.45, 2.75) is 25.8 Å². The molecule has 1 amide bonds. The Bertz CT molecular complexity index is 545. The number of amides is 1. The number of aliphatic carboxylic acids is 1. The number of carboxylic acids is 1. The fraction of sp³-hybridized carbons (Fsp3) is 0.385. The highest BCUT2D eigenvalue weighted by molar-refractivity contribution is 5.97. The number of carbonyl (C=O) groups excluding carboxylic acids is 1. The highest BCUT2D eigenvalue weighted by Gasteiger charge is 2.35. The van der Waals surface area contributed by atoms with Gasteiger partial charge in [-0.1, -0.05) is 0 Å². The van der Waals surface area contributed by atoms with Gasteiger partial charge in [0, 0.05) is 12.6 Å². The van der Waals surface area contributed by atoms with E-state index >= 15 is 0 Å². The summed E-state index contributed by atoms with van der Waals surface area (Å²) >= 11 is 0. The lowest BCUT2D eigenvalue weighted by molar-refractivity contribution is -0.141. The number of carbonyl (C=O) groups is 2. The number of hydrogen-bond donors (Lipinski definition) is 1. The normalized spacial score (nSPS) is 18.7. The van der Waals surface area contributed by atoms with E-state index in [9.17, 15) is 18.4 Å².